The third-order valence-electron chi connectivity index (χ3n) is 28.3. The monoisotopic (exact) mass is 2030 g/mol. The Morgan fingerprint density at radius 3 is 1.69 bits per heavy atom. The number of amides is 11. The number of carbonyl (C=O) groups is 12. The molecule has 11 amide bonds. The van der Waals surface area contributed by atoms with Crippen molar-refractivity contribution in [3.63, 3.8) is 0 Å². The largest absolute Gasteiger partial charge is 0.508 e. The zero-order valence-corrected chi connectivity index (χ0v) is 84.8. The Balaban J connectivity index is 0.624. The molecule has 1 aliphatic heterocycles. The fraction of sp³-hybridized carbons (Fsp3) is 0.577. The van der Waals surface area contributed by atoms with Crippen LogP contribution in [0.15, 0.2) is 109 Å². The number of likely N-dealkylation sites (N-methyl/N-ethyl adjacent to an activating group) is 1. The molecule has 5 aliphatic rings. The second-order valence-electron chi connectivity index (χ2n) is 38.8. The molecule has 0 radical (unpaired) electrons. The molecule has 5 aromatic carbocycles. The van der Waals surface area contributed by atoms with E-state index in [0.29, 0.717) is 93.5 Å². The maximum absolute atomic E-state index is 14.9. The Morgan fingerprint density at radius 2 is 1.09 bits per heavy atom. The number of alkyl carbamates (subject to hydrolysis) is 1. The minimum Gasteiger partial charge on any atom is -0.508 e. The highest BCUT2D eigenvalue weighted by atomic mass is 32.2. The van der Waals surface area contributed by atoms with Gasteiger partial charge in [-0.3, -0.25) is 63.7 Å². The highest BCUT2D eigenvalue weighted by molar-refractivity contribution is 7.85. The van der Waals surface area contributed by atoms with Gasteiger partial charge in [-0.2, -0.15) is 8.42 Å². The smallest absolute Gasteiger partial charge is 0.408 e. The number of phenols is 1. The Kier molecular flexibility index (Phi) is 44.8. The first-order valence-corrected chi connectivity index (χ1v) is 51.7. The summed E-state index contributed by atoms with van der Waals surface area (Å²) in [5.41, 5.74) is 15.8. The molecule has 2 saturated carbocycles. The third kappa shape index (κ3) is 33.1. The standard InChI is InChI=1S/C104H148N14O25S/c1-68(2)92(115-96(128)81(30-33-88(123)109-45-60-144(133,134)135)113-90(125)36-46-136-50-54-140-58-59-142-56-52-138-48-43-108-89(124)34-35-91(126)118-65-74-15-8-9-17-77(74)93(94(117-106)78-18-10-11-19-83(78)118)110-44-49-139-53-57-141-55-51-137-47-42-107-7)85(122)63-73(16-12-41-111-99(105)131)95(127)112-75-27-21-69(22-28-75)67-143-100(132)114-82(66-119)84(121)62-70-20-23-71-25-31-86-101(3,79(71)61-70)37-13-39-103(86,5)97(129)116-98(130)104(6)40-14-38-102(4)80-64-76(120)29-24-72(80)26-32-87(102)104/h8-11,15,17-24,27-29,61,64,68,73,81-82,86-87,92,107,110,117,119-120H,12-14,16,25-26,30-60,62-63,65-67,106H2,1-7H3,(H,108,124)(H,109,123)(H,112,127)(H,113,125)(H,114,132)(H,115,128)(H3,105,111,131)(H,116,129,130)(H,133,134,135)/b94-93-/t73-,81-,82+,86-,87-,92+,101-,102-,103+,104+/m1/s1. The summed E-state index contributed by atoms with van der Waals surface area (Å²) in [7, 11) is -2.57. The number of aromatic hydroxyl groups is 1. The lowest BCUT2D eigenvalue weighted by Crippen LogP contribution is -2.60. The number of urea groups is 1. The van der Waals surface area contributed by atoms with E-state index in [0.717, 1.165) is 85.0 Å². The van der Waals surface area contributed by atoms with Crippen molar-refractivity contribution in [3.05, 3.63) is 159 Å². The molecule has 0 unspecified atom stereocenters. The van der Waals surface area contributed by atoms with Gasteiger partial charge in [-0.25, -0.2) is 9.59 Å². The van der Waals surface area contributed by atoms with Crippen LogP contribution in [-0.2, 0) is 139 Å². The van der Waals surface area contributed by atoms with Crippen LogP contribution >= 0.6 is 0 Å². The second-order valence-corrected chi connectivity index (χ2v) is 40.3. The fourth-order valence-corrected chi connectivity index (χ4v) is 21.0. The van der Waals surface area contributed by atoms with E-state index >= 15 is 0 Å². The summed E-state index contributed by atoms with van der Waals surface area (Å²) in [5, 5.41) is 48.8. The second kappa shape index (κ2) is 56.3. The number of aryl methyl sites for hydroxylation is 2. The predicted octanol–water partition coefficient (Wildman–Crippen LogP) is 6.57. The lowest BCUT2D eigenvalue weighted by Gasteiger charge is -2.56. The molecule has 4 aliphatic carbocycles. The Morgan fingerprint density at radius 1 is 0.535 bits per heavy atom. The number of carbonyl (C=O) groups excluding carboxylic acids is 12. The number of rotatable bonds is 60. The third-order valence-corrected chi connectivity index (χ3v) is 29.0. The maximum Gasteiger partial charge on any atom is 0.408 e. The van der Waals surface area contributed by atoms with E-state index in [4.69, 9.17) is 49.5 Å². The highest BCUT2D eigenvalue weighted by Crippen LogP contribution is 2.60. The Labute approximate surface area is 842 Å². The normalized spacial score (nSPS) is 20.2. The Hall–Kier alpha value is -11.4. The van der Waals surface area contributed by atoms with Crippen LogP contribution < -0.4 is 75.1 Å². The van der Waals surface area contributed by atoms with Gasteiger partial charge in [0.15, 0.2) is 11.6 Å². The fourth-order valence-electron chi connectivity index (χ4n) is 20.7. The number of ether oxygens (including phenoxy) is 8. The van der Waals surface area contributed by atoms with Crippen LogP contribution in [0.4, 0.5) is 21.0 Å². The molecule has 10 rings (SSSR count). The van der Waals surface area contributed by atoms with E-state index in [2.05, 4.69) is 72.4 Å². The summed E-state index contributed by atoms with van der Waals surface area (Å²) in [6.07, 6.45) is 4.94. The lowest BCUT2D eigenvalue weighted by molar-refractivity contribution is -0.150. The maximum atomic E-state index is 14.9. The van der Waals surface area contributed by atoms with Crippen molar-refractivity contribution in [2.24, 2.45) is 46.1 Å². The van der Waals surface area contributed by atoms with Gasteiger partial charge in [-0.05, 0) is 176 Å². The number of nitrogens with one attached hydrogen (secondary N) is 11. The van der Waals surface area contributed by atoms with Crippen LogP contribution in [0.1, 0.15) is 194 Å². The van der Waals surface area contributed by atoms with E-state index < -0.39 is 135 Å². The number of nitrogens with zero attached hydrogens (tertiary/aromatic N) is 1. The summed E-state index contributed by atoms with van der Waals surface area (Å²) in [6.45, 7) is 15.8. The summed E-state index contributed by atoms with van der Waals surface area (Å²) in [6, 6.07) is 27.9. The van der Waals surface area contributed by atoms with Crippen LogP contribution in [-0.4, -0.2) is 257 Å². The van der Waals surface area contributed by atoms with Crippen LogP contribution in [0.2, 0.25) is 0 Å². The topological polar surface area (TPSA) is 561 Å². The molecule has 40 heteroatoms. The average Bonchev–Trinajstić information content (AvgIpc) is 0.717. The van der Waals surface area contributed by atoms with Gasteiger partial charge in [-0.1, -0.05) is 133 Å². The summed E-state index contributed by atoms with van der Waals surface area (Å²) in [4.78, 5) is 167. The number of aliphatic hydroxyl groups is 1. The molecular weight excluding hydrogens is 1880 g/mol. The molecular formula is C104H148N14O25S. The first kappa shape index (κ1) is 115. The number of nitrogens with two attached hydrogens (primary N) is 2. The highest BCUT2D eigenvalue weighted by Gasteiger charge is 2.59. The van der Waals surface area contributed by atoms with E-state index in [1.54, 1.807) is 36.9 Å². The number of Topliss-reactive ketones (excluding diaryl/α,β-unsaturated/α-hetero) is 2. The molecule has 10 atom stereocenters. The molecule has 790 valence electrons. The van der Waals surface area contributed by atoms with Gasteiger partial charge in [0.25, 0.3) is 10.1 Å². The molecule has 1 heterocycles. The predicted molar refractivity (Wildman–Crippen MR) is 538 cm³/mol. The molecule has 39 nitrogen and oxygen atoms in total. The van der Waals surface area contributed by atoms with Gasteiger partial charge in [0.05, 0.1) is 145 Å². The molecule has 5 aromatic rings. The number of hydrazine groups is 1. The van der Waals surface area contributed by atoms with Crippen molar-refractivity contribution in [1.82, 2.24) is 53.3 Å². The van der Waals surface area contributed by atoms with Gasteiger partial charge < -0.3 is 112 Å². The molecule has 18 N–H and O–H groups in total. The van der Waals surface area contributed by atoms with Crippen LogP contribution in [0, 0.1) is 34.5 Å². The number of fused-ring (bicyclic) bond motifs is 8. The molecule has 0 aromatic heterocycles. The Bertz CT molecular complexity index is 5340. The number of phenolic OH excluding ortho intramolecular Hbond substituents is 1. The molecule has 0 bridgehead atoms. The van der Waals surface area contributed by atoms with Gasteiger partial charge in [0.1, 0.15) is 24.4 Å². The number of ketones is 2. The molecule has 144 heavy (non-hydrogen) atoms. The van der Waals surface area contributed by atoms with Gasteiger partial charge in [-0.15, -0.1) is 0 Å². The van der Waals surface area contributed by atoms with Crippen molar-refractivity contribution >= 4 is 104 Å². The number of para-hydroxylation sites is 1. The van der Waals surface area contributed by atoms with Crippen LogP contribution in [0.25, 0.3) is 11.4 Å². The van der Waals surface area contributed by atoms with E-state index in [1.807, 2.05) is 99.8 Å². The van der Waals surface area contributed by atoms with Crippen LogP contribution in [0.3, 0.4) is 0 Å². The summed E-state index contributed by atoms with van der Waals surface area (Å²) >= 11 is 0. The molecule has 2 fully saturated rings. The average molecular weight is 2030 g/mol. The van der Waals surface area contributed by atoms with E-state index in [1.165, 1.54) is 17.7 Å². The zero-order chi connectivity index (χ0) is 104. The number of primary amides is 1. The quantitative estimate of drug-likeness (QED) is 0.00643. The van der Waals surface area contributed by atoms with Gasteiger partial charge in [0, 0.05) is 94.0 Å². The van der Waals surface area contributed by atoms with Crippen molar-refractivity contribution in [2.75, 3.05) is 155 Å². The first-order valence-electron chi connectivity index (χ1n) is 50.1. The number of aliphatic hydroxyl groups excluding tert-OH is 1. The summed E-state index contributed by atoms with van der Waals surface area (Å²) < 4.78 is 76.9. The van der Waals surface area contributed by atoms with Crippen molar-refractivity contribution in [2.45, 2.75) is 206 Å². The van der Waals surface area contributed by atoms with Crippen molar-refractivity contribution in [3.8, 4) is 5.75 Å². The SMILES string of the molecule is CNCCOCCOCCOCCN/C1=C(\NN)c2ccccc2N(C(=O)CCC(=O)NCCOCCOCCOCCOCCC(=O)N[C@H](CCC(=O)NCCS(=O)(=O)O)C(=O)N[C@H](C(=O)C[C@@H](CCCNC(N)=O)C(=O)Nc2ccc(COC(=O)N[C@@H](CO)C(=O)Cc3ccc4c(c3)[C@@]3(C)CCC[C@](C)(C(=O)NC(=O)[C@@]5(C)CCC[C@]6(C)c7cc(O)ccc7CC[C@@H]56)[C@@H]3CC4)cc2)C(C)C)Cc2ccccc21. The zero-order valence-electron chi connectivity index (χ0n) is 84.0. The summed E-state index contributed by atoms with van der Waals surface area (Å²) in [5.74, 6) is -1.22. The number of imide groups is 1. The number of hydrogen-bond acceptors (Lipinski definition) is 28. The number of benzene rings is 5. The first-order chi connectivity index (χ1) is 69.0. The van der Waals surface area contributed by atoms with Crippen LogP contribution in [0.5, 0.6) is 5.75 Å². The van der Waals surface area contributed by atoms with E-state index in [9.17, 15) is 80.7 Å². The molecule has 0 spiro atoms. The minimum absolute atomic E-state index is 0.0355. The minimum atomic E-state index is -4.44. The van der Waals surface area contributed by atoms with Gasteiger partial charge >= 0.3 is 12.1 Å². The number of anilines is 2. The van der Waals surface area contributed by atoms with Crippen molar-refractivity contribution < 1.29 is 119 Å². The number of hydrogen-bond donors (Lipinski definition) is 16. The van der Waals surface area contributed by atoms with Crippen molar-refractivity contribution in [1.29, 1.82) is 0 Å². The van der Waals surface area contributed by atoms with Gasteiger partial charge in [0.2, 0.25) is 47.3 Å². The lowest BCUT2D eigenvalue weighted by atomic mass is 9.49. The molecule has 0 saturated heterocycles. The van der Waals surface area contributed by atoms with E-state index in [-0.39, 0.29) is 176 Å².